The molecule has 0 aliphatic heterocycles. The molecule has 0 aromatic carbocycles. The Bertz CT molecular complexity index is 576. The lowest BCUT2D eigenvalue weighted by molar-refractivity contribution is 0.590. The maximum atomic E-state index is 6.22. The molecule has 5 heteroatoms. The molecule has 0 saturated carbocycles. The van der Waals surface area contributed by atoms with Crippen LogP contribution in [0.25, 0.3) is 0 Å². The summed E-state index contributed by atoms with van der Waals surface area (Å²) in [6, 6.07) is 1.99. The lowest BCUT2D eigenvalue weighted by Gasteiger charge is -2.21. The smallest absolute Gasteiger partial charge is 0.132 e. The van der Waals surface area contributed by atoms with Crippen molar-refractivity contribution in [1.29, 1.82) is 0 Å². The molecular formula is C14H19ClN4. The van der Waals surface area contributed by atoms with E-state index in [0.29, 0.717) is 5.02 Å². The van der Waals surface area contributed by atoms with Gasteiger partial charge in [-0.25, -0.2) is 4.98 Å². The fourth-order valence-electron chi connectivity index (χ4n) is 1.93. The van der Waals surface area contributed by atoms with E-state index in [1.165, 1.54) is 0 Å². The molecule has 102 valence electrons. The summed E-state index contributed by atoms with van der Waals surface area (Å²) in [6.07, 6.45) is 3.51. The standard InChI is InChI=1S/C14H19ClN4/c1-9-7-17-19(5)13(9)18-12-6-10(14(2,3)4)11(15)8-16-12/h6-8H,1-5H3,(H,16,18). The molecule has 1 N–H and O–H groups in total. The van der Waals surface area contributed by atoms with Gasteiger partial charge < -0.3 is 5.32 Å². The molecule has 0 amide bonds. The Morgan fingerprint density at radius 3 is 2.47 bits per heavy atom. The molecule has 2 heterocycles. The Kier molecular flexibility index (Phi) is 3.54. The van der Waals surface area contributed by atoms with Gasteiger partial charge in [0.05, 0.1) is 11.2 Å². The average molecular weight is 279 g/mol. The highest BCUT2D eigenvalue weighted by atomic mass is 35.5. The van der Waals surface area contributed by atoms with Crippen molar-refractivity contribution in [1.82, 2.24) is 14.8 Å². The maximum Gasteiger partial charge on any atom is 0.132 e. The van der Waals surface area contributed by atoms with E-state index in [1.807, 2.05) is 26.2 Å². The minimum absolute atomic E-state index is 0.0159. The number of pyridine rings is 1. The van der Waals surface area contributed by atoms with Crippen LogP contribution in [-0.4, -0.2) is 14.8 Å². The molecule has 2 rings (SSSR count). The summed E-state index contributed by atoms with van der Waals surface area (Å²) in [4.78, 5) is 4.33. The van der Waals surface area contributed by atoms with Crippen molar-refractivity contribution in [2.24, 2.45) is 7.05 Å². The maximum absolute atomic E-state index is 6.22. The number of rotatable bonds is 2. The predicted octanol–water partition coefficient (Wildman–Crippen LogP) is 3.82. The number of hydrogen-bond donors (Lipinski definition) is 1. The van der Waals surface area contributed by atoms with Crippen LogP contribution in [0.4, 0.5) is 11.6 Å². The Morgan fingerprint density at radius 1 is 1.26 bits per heavy atom. The molecule has 0 atom stereocenters. The zero-order valence-corrected chi connectivity index (χ0v) is 12.7. The number of halogens is 1. The zero-order valence-electron chi connectivity index (χ0n) is 12.0. The zero-order chi connectivity index (χ0) is 14.2. The van der Waals surface area contributed by atoms with E-state index in [0.717, 1.165) is 22.8 Å². The average Bonchev–Trinajstić information content (AvgIpc) is 2.62. The quantitative estimate of drug-likeness (QED) is 0.908. The fourth-order valence-corrected chi connectivity index (χ4v) is 2.32. The number of nitrogens with zero attached hydrogens (tertiary/aromatic N) is 3. The Morgan fingerprint density at radius 2 is 1.95 bits per heavy atom. The number of hydrogen-bond acceptors (Lipinski definition) is 3. The molecule has 2 aromatic heterocycles. The van der Waals surface area contributed by atoms with Gasteiger partial charge in [-0.2, -0.15) is 5.10 Å². The lowest BCUT2D eigenvalue weighted by Crippen LogP contribution is -2.13. The van der Waals surface area contributed by atoms with E-state index in [4.69, 9.17) is 11.6 Å². The number of aromatic nitrogens is 3. The molecule has 0 aliphatic rings. The predicted molar refractivity (Wildman–Crippen MR) is 79.2 cm³/mol. The molecule has 4 nitrogen and oxygen atoms in total. The van der Waals surface area contributed by atoms with Gasteiger partial charge in [-0.15, -0.1) is 0 Å². The van der Waals surface area contributed by atoms with Crippen LogP contribution in [0.3, 0.4) is 0 Å². The van der Waals surface area contributed by atoms with Crippen LogP contribution < -0.4 is 5.32 Å². The summed E-state index contributed by atoms with van der Waals surface area (Å²) in [5, 5.41) is 8.19. The lowest BCUT2D eigenvalue weighted by atomic mass is 9.87. The van der Waals surface area contributed by atoms with Crippen LogP contribution in [-0.2, 0) is 12.5 Å². The van der Waals surface area contributed by atoms with Crippen LogP contribution in [0.15, 0.2) is 18.5 Å². The summed E-state index contributed by atoms with van der Waals surface area (Å²) in [7, 11) is 1.90. The van der Waals surface area contributed by atoms with Gasteiger partial charge in [-0.3, -0.25) is 4.68 Å². The third-order valence-corrected chi connectivity index (χ3v) is 3.33. The Labute approximate surface area is 118 Å². The summed E-state index contributed by atoms with van der Waals surface area (Å²) in [5.74, 6) is 1.72. The second-order valence-electron chi connectivity index (χ2n) is 5.72. The van der Waals surface area contributed by atoms with Crippen LogP contribution in [0, 0.1) is 6.92 Å². The van der Waals surface area contributed by atoms with E-state index in [-0.39, 0.29) is 5.41 Å². The van der Waals surface area contributed by atoms with Gasteiger partial charge >= 0.3 is 0 Å². The van der Waals surface area contributed by atoms with Gasteiger partial charge in [0, 0.05) is 18.8 Å². The number of anilines is 2. The van der Waals surface area contributed by atoms with E-state index < -0.39 is 0 Å². The largest absolute Gasteiger partial charge is 0.325 e. The van der Waals surface area contributed by atoms with Gasteiger partial charge in [0.25, 0.3) is 0 Å². The summed E-state index contributed by atoms with van der Waals surface area (Å²) in [6.45, 7) is 8.41. The first kappa shape index (κ1) is 13.9. The second kappa shape index (κ2) is 4.85. The number of nitrogens with one attached hydrogen (secondary N) is 1. The molecule has 0 saturated heterocycles. The molecule has 0 fully saturated rings. The minimum atomic E-state index is -0.0159. The fraction of sp³-hybridized carbons (Fsp3) is 0.429. The monoisotopic (exact) mass is 278 g/mol. The van der Waals surface area contributed by atoms with E-state index in [2.05, 4.69) is 36.2 Å². The van der Waals surface area contributed by atoms with Crippen molar-refractivity contribution in [3.8, 4) is 0 Å². The molecular weight excluding hydrogens is 260 g/mol. The van der Waals surface area contributed by atoms with E-state index >= 15 is 0 Å². The minimum Gasteiger partial charge on any atom is -0.325 e. The Balaban J connectivity index is 2.37. The molecule has 0 unspecified atom stereocenters. The highest BCUT2D eigenvalue weighted by Gasteiger charge is 2.18. The van der Waals surface area contributed by atoms with Crippen LogP contribution in [0.2, 0.25) is 5.02 Å². The van der Waals surface area contributed by atoms with Gasteiger partial charge in [-0.05, 0) is 24.0 Å². The van der Waals surface area contributed by atoms with E-state index in [1.54, 1.807) is 10.9 Å². The first-order chi connectivity index (χ1) is 8.79. The first-order valence-electron chi connectivity index (χ1n) is 6.20. The molecule has 2 aromatic rings. The second-order valence-corrected chi connectivity index (χ2v) is 6.13. The third-order valence-electron chi connectivity index (χ3n) is 3.03. The molecule has 0 radical (unpaired) electrons. The van der Waals surface area contributed by atoms with Gasteiger partial charge in [-0.1, -0.05) is 32.4 Å². The van der Waals surface area contributed by atoms with Crippen molar-refractivity contribution in [3.05, 3.63) is 34.6 Å². The van der Waals surface area contributed by atoms with E-state index in [9.17, 15) is 0 Å². The summed E-state index contributed by atoms with van der Waals surface area (Å²) < 4.78 is 1.79. The summed E-state index contributed by atoms with van der Waals surface area (Å²) >= 11 is 6.22. The SMILES string of the molecule is Cc1cnn(C)c1Nc1cc(C(C)(C)C)c(Cl)cn1. The highest BCUT2D eigenvalue weighted by molar-refractivity contribution is 6.31. The van der Waals surface area contributed by atoms with Crippen LogP contribution in [0.1, 0.15) is 31.9 Å². The summed E-state index contributed by atoms with van der Waals surface area (Å²) in [5.41, 5.74) is 2.14. The molecule has 19 heavy (non-hydrogen) atoms. The highest BCUT2D eigenvalue weighted by Crippen LogP contribution is 2.31. The molecule has 0 spiro atoms. The first-order valence-corrected chi connectivity index (χ1v) is 6.58. The third kappa shape index (κ3) is 2.89. The van der Waals surface area contributed by atoms with Crippen molar-refractivity contribution in [2.75, 3.05) is 5.32 Å². The topological polar surface area (TPSA) is 42.7 Å². The van der Waals surface area contributed by atoms with Crippen LogP contribution >= 0.6 is 11.6 Å². The Hall–Kier alpha value is -1.55. The van der Waals surface area contributed by atoms with Crippen molar-refractivity contribution in [3.63, 3.8) is 0 Å². The van der Waals surface area contributed by atoms with Crippen molar-refractivity contribution < 1.29 is 0 Å². The normalized spacial score (nSPS) is 11.7. The molecule has 0 bridgehead atoms. The van der Waals surface area contributed by atoms with Crippen LogP contribution in [0.5, 0.6) is 0 Å². The molecule has 0 aliphatic carbocycles. The van der Waals surface area contributed by atoms with Gasteiger partial charge in [0.1, 0.15) is 11.6 Å². The van der Waals surface area contributed by atoms with Gasteiger partial charge in [0.15, 0.2) is 0 Å². The number of aryl methyl sites for hydroxylation is 2. The van der Waals surface area contributed by atoms with Gasteiger partial charge in [0.2, 0.25) is 0 Å². The van der Waals surface area contributed by atoms with Crippen molar-refractivity contribution in [2.45, 2.75) is 33.1 Å². The van der Waals surface area contributed by atoms with Crippen molar-refractivity contribution >= 4 is 23.2 Å².